The molecule has 1 aromatic carbocycles. The number of hydrogen-bond donors (Lipinski definition) is 1. The molecule has 8 nitrogen and oxygen atoms in total. The van der Waals surface area contributed by atoms with Gasteiger partial charge in [0.25, 0.3) is 5.56 Å². The number of ether oxygens (including phenoxy) is 1. The normalized spacial score (nSPS) is 13.3. The van der Waals surface area contributed by atoms with Crippen molar-refractivity contribution in [2.24, 2.45) is 14.1 Å². The van der Waals surface area contributed by atoms with Gasteiger partial charge in [-0.1, -0.05) is 6.07 Å². The second-order valence-corrected chi connectivity index (χ2v) is 6.38. The van der Waals surface area contributed by atoms with E-state index in [0.29, 0.717) is 18.1 Å². The highest BCUT2D eigenvalue weighted by molar-refractivity contribution is 5.56. The average molecular weight is 356 g/mol. The summed E-state index contributed by atoms with van der Waals surface area (Å²) >= 11 is 0. The van der Waals surface area contributed by atoms with E-state index in [1.807, 2.05) is 11.0 Å². The Kier molecular flexibility index (Phi) is 4.47. The van der Waals surface area contributed by atoms with Crippen molar-refractivity contribution in [2.75, 3.05) is 12.0 Å². The van der Waals surface area contributed by atoms with E-state index >= 15 is 0 Å². The van der Waals surface area contributed by atoms with Crippen LogP contribution in [-0.2, 0) is 20.6 Å². The molecule has 3 rings (SSSR count). The number of phenols is 1. The predicted octanol–water partition coefficient (Wildman–Crippen LogP) is 0.839. The Bertz CT molecular complexity index is 1010. The average Bonchev–Trinajstić information content (AvgIpc) is 3.47. The van der Waals surface area contributed by atoms with Crippen LogP contribution in [0.3, 0.4) is 0 Å². The first-order valence-electron chi connectivity index (χ1n) is 8.21. The number of aromatic nitrogens is 2. The number of anilines is 1. The second kappa shape index (κ2) is 6.59. The molecule has 1 N–H and O–H groups in total. The zero-order valence-corrected chi connectivity index (χ0v) is 14.9. The van der Waals surface area contributed by atoms with E-state index < -0.39 is 11.2 Å². The maximum Gasteiger partial charge on any atom is 0.332 e. The summed E-state index contributed by atoms with van der Waals surface area (Å²) in [4.78, 5) is 26.7. The number of methoxy groups -OCH3 is 1. The van der Waals surface area contributed by atoms with Crippen LogP contribution < -0.4 is 20.9 Å². The van der Waals surface area contributed by atoms with Crippen molar-refractivity contribution in [1.29, 1.82) is 5.26 Å². The van der Waals surface area contributed by atoms with Crippen LogP contribution >= 0.6 is 0 Å². The fourth-order valence-corrected chi connectivity index (χ4v) is 3.05. The van der Waals surface area contributed by atoms with Gasteiger partial charge < -0.3 is 14.7 Å². The van der Waals surface area contributed by atoms with Crippen LogP contribution in [0.4, 0.5) is 5.82 Å². The Morgan fingerprint density at radius 3 is 2.58 bits per heavy atom. The largest absolute Gasteiger partial charge is 0.504 e. The third kappa shape index (κ3) is 2.92. The molecular formula is C18H20N4O4. The molecule has 1 fully saturated rings. The first-order chi connectivity index (χ1) is 12.4. The highest BCUT2D eigenvalue weighted by Crippen LogP contribution is 2.34. The van der Waals surface area contributed by atoms with Crippen LogP contribution in [0, 0.1) is 11.3 Å². The standard InChI is InChI=1S/C18H20N4O4/c1-20-16(13(9-19)17(24)21(2)18(20)25)22(12-5-6-12)10-11-4-7-14(23)15(8-11)26-3/h4,7-8,12,23H,5-6,10H2,1-3H3. The molecule has 136 valence electrons. The Morgan fingerprint density at radius 2 is 2.00 bits per heavy atom. The van der Waals surface area contributed by atoms with Crippen LogP contribution in [-0.4, -0.2) is 27.4 Å². The highest BCUT2D eigenvalue weighted by Gasteiger charge is 2.33. The topological polar surface area (TPSA) is 100 Å². The summed E-state index contributed by atoms with van der Waals surface area (Å²) in [5, 5.41) is 19.3. The second-order valence-electron chi connectivity index (χ2n) is 6.38. The van der Waals surface area contributed by atoms with Gasteiger partial charge in [0.15, 0.2) is 17.1 Å². The van der Waals surface area contributed by atoms with Crippen molar-refractivity contribution in [2.45, 2.75) is 25.4 Å². The molecule has 8 heteroatoms. The molecule has 0 radical (unpaired) electrons. The Balaban J connectivity index is 2.12. The highest BCUT2D eigenvalue weighted by atomic mass is 16.5. The molecule has 0 atom stereocenters. The SMILES string of the molecule is COc1cc(CN(c2c(C#N)c(=O)n(C)c(=O)n2C)C2CC2)ccc1O. The summed E-state index contributed by atoms with van der Waals surface area (Å²) in [6.07, 6.45) is 1.84. The third-order valence-electron chi connectivity index (χ3n) is 4.60. The Morgan fingerprint density at radius 1 is 1.31 bits per heavy atom. The Hall–Kier alpha value is -3.21. The lowest BCUT2D eigenvalue weighted by atomic mass is 10.1. The number of hydrogen-bond acceptors (Lipinski definition) is 6. The minimum Gasteiger partial charge on any atom is -0.504 e. The first-order valence-corrected chi connectivity index (χ1v) is 8.21. The molecule has 0 spiro atoms. The Labute approximate surface area is 150 Å². The molecule has 2 aromatic rings. The minimum absolute atomic E-state index is 0.0351. The van der Waals surface area contributed by atoms with E-state index in [9.17, 15) is 20.0 Å². The van der Waals surface area contributed by atoms with E-state index in [4.69, 9.17) is 4.74 Å². The van der Waals surface area contributed by atoms with Gasteiger partial charge in [-0.25, -0.2) is 4.79 Å². The smallest absolute Gasteiger partial charge is 0.332 e. The van der Waals surface area contributed by atoms with Gasteiger partial charge in [0.05, 0.1) is 7.11 Å². The van der Waals surface area contributed by atoms with E-state index in [1.54, 1.807) is 19.2 Å². The summed E-state index contributed by atoms with van der Waals surface area (Å²) in [6, 6.07) is 7.09. The summed E-state index contributed by atoms with van der Waals surface area (Å²) in [6.45, 7) is 0.385. The van der Waals surface area contributed by atoms with Gasteiger partial charge >= 0.3 is 5.69 Å². The van der Waals surface area contributed by atoms with Crippen molar-refractivity contribution in [3.05, 3.63) is 50.2 Å². The van der Waals surface area contributed by atoms with Crippen molar-refractivity contribution in [3.8, 4) is 17.6 Å². The minimum atomic E-state index is -0.598. The van der Waals surface area contributed by atoms with E-state index in [-0.39, 0.29) is 17.4 Å². The monoisotopic (exact) mass is 356 g/mol. The molecule has 0 bridgehead atoms. The molecular weight excluding hydrogens is 336 g/mol. The van der Waals surface area contributed by atoms with Gasteiger partial charge in [-0.2, -0.15) is 5.26 Å². The van der Waals surface area contributed by atoms with Crippen LogP contribution in [0.5, 0.6) is 11.5 Å². The van der Waals surface area contributed by atoms with Gasteiger partial charge in [0.2, 0.25) is 0 Å². The van der Waals surface area contributed by atoms with Gasteiger partial charge in [-0.3, -0.25) is 13.9 Å². The lowest BCUT2D eigenvalue weighted by Gasteiger charge is -2.27. The molecule has 26 heavy (non-hydrogen) atoms. The molecule has 1 heterocycles. The molecule has 0 saturated heterocycles. The van der Waals surface area contributed by atoms with Gasteiger partial charge in [0.1, 0.15) is 11.9 Å². The van der Waals surface area contributed by atoms with E-state index in [2.05, 4.69) is 0 Å². The number of nitrogens with zero attached hydrogens (tertiary/aromatic N) is 4. The lowest BCUT2D eigenvalue weighted by Crippen LogP contribution is -2.43. The van der Waals surface area contributed by atoms with E-state index in [0.717, 1.165) is 23.0 Å². The predicted molar refractivity (Wildman–Crippen MR) is 95.5 cm³/mol. The summed E-state index contributed by atoms with van der Waals surface area (Å²) in [5.41, 5.74) is -0.284. The zero-order valence-electron chi connectivity index (χ0n) is 14.9. The van der Waals surface area contributed by atoms with Gasteiger partial charge in [-0.15, -0.1) is 0 Å². The van der Waals surface area contributed by atoms with Crippen molar-refractivity contribution >= 4 is 5.82 Å². The number of nitriles is 1. The van der Waals surface area contributed by atoms with Crippen LogP contribution in [0.25, 0.3) is 0 Å². The van der Waals surface area contributed by atoms with Crippen LogP contribution in [0.2, 0.25) is 0 Å². The maximum atomic E-state index is 12.4. The molecule has 0 aliphatic heterocycles. The molecule has 1 aliphatic rings. The molecule has 0 unspecified atom stereocenters. The quantitative estimate of drug-likeness (QED) is 0.852. The number of benzene rings is 1. The molecule has 0 amide bonds. The number of phenolic OH excluding ortho intramolecular Hbond substituents is 1. The van der Waals surface area contributed by atoms with Gasteiger partial charge in [-0.05, 0) is 30.5 Å². The van der Waals surface area contributed by atoms with Crippen molar-refractivity contribution in [1.82, 2.24) is 9.13 Å². The third-order valence-corrected chi connectivity index (χ3v) is 4.60. The van der Waals surface area contributed by atoms with Crippen LogP contribution in [0.15, 0.2) is 27.8 Å². The fraction of sp³-hybridized carbons (Fsp3) is 0.389. The molecule has 1 aliphatic carbocycles. The maximum absolute atomic E-state index is 12.4. The summed E-state index contributed by atoms with van der Waals surface area (Å²) < 4.78 is 7.43. The zero-order chi connectivity index (χ0) is 19.0. The first kappa shape index (κ1) is 17.6. The summed E-state index contributed by atoms with van der Waals surface area (Å²) in [7, 11) is 4.39. The lowest BCUT2D eigenvalue weighted by molar-refractivity contribution is 0.373. The molecule has 1 aromatic heterocycles. The van der Waals surface area contributed by atoms with E-state index in [1.165, 1.54) is 24.8 Å². The summed E-state index contributed by atoms with van der Waals surface area (Å²) in [5.74, 6) is 0.708. The van der Waals surface area contributed by atoms with Crippen LogP contribution in [0.1, 0.15) is 24.0 Å². The van der Waals surface area contributed by atoms with Crippen molar-refractivity contribution in [3.63, 3.8) is 0 Å². The number of rotatable bonds is 5. The fourth-order valence-electron chi connectivity index (χ4n) is 3.05. The van der Waals surface area contributed by atoms with Crippen molar-refractivity contribution < 1.29 is 9.84 Å². The molecule has 1 saturated carbocycles. The number of aromatic hydroxyl groups is 1. The van der Waals surface area contributed by atoms with Gasteiger partial charge in [0, 0.05) is 26.7 Å².